The van der Waals surface area contributed by atoms with Gasteiger partial charge in [0.05, 0.1) is 22.5 Å². The lowest BCUT2D eigenvalue weighted by molar-refractivity contribution is -0.132. The highest BCUT2D eigenvalue weighted by atomic mass is 32.2. The molecule has 2 amide bonds. The molecule has 0 saturated carbocycles. The standard InChI is InChI=1S/C23H33N5O5S/c1-3-33-23(30)27-15-13-26(14-16-27)22(29)10-9-21-24-19-17-18(7-8-20(19)25(21)2)34(31,32)28-11-5-4-6-12-28/h7-8,17H,3-6,9-16H2,1-2H3. The number of rotatable bonds is 6. The third kappa shape index (κ3) is 5.05. The second kappa shape index (κ2) is 10.3. The Labute approximate surface area is 200 Å². The van der Waals surface area contributed by atoms with E-state index in [0.717, 1.165) is 30.6 Å². The molecule has 11 heteroatoms. The normalized spacial score (nSPS) is 17.8. The average molecular weight is 492 g/mol. The van der Waals surface area contributed by atoms with Crippen LogP contribution in [-0.4, -0.2) is 89.9 Å². The van der Waals surface area contributed by atoms with Gasteiger partial charge in [-0.1, -0.05) is 6.42 Å². The fourth-order valence-electron chi connectivity index (χ4n) is 4.60. The number of carbonyl (C=O) groups excluding carboxylic acids is 2. The number of aryl methyl sites for hydroxylation is 2. The molecule has 186 valence electrons. The largest absolute Gasteiger partial charge is 0.450 e. The zero-order chi connectivity index (χ0) is 24.3. The molecule has 2 saturated heterocycles. The maximum absolute atomic E-state index is 13.0. The number of benzene rings is 1. The van der Waals surface area contributed by atoms with Gasteiger partial charge < -0.3 is 19.1 Å². The van der Waals surface area contributed by atoms with E-state index >= 15 is 0 Å². The number of ether oxygens (including phenoxy) is 1. The SMILES string of the molecule is CCOC(=O)N1CCN(C(=O)CCc2nc3cc(S(=O)(=O)N4CCCCC4)ccc3n2C)CC1. The van der Waals surface area contributed by atoms with Gasteiger partial charge in [-0.15, -0.1) is 0 Å². The molecule has 0 N–H and O–H groups in total. The third-order valence-corrected chi connectivity index (χ3v) is 8.51. The van der Waals surface area contributed by atoms with Gasteiger partial charge >= 0.3 is 6.09 Å². The van der Waals surface area contributed by atoms with Crippen molar-refractivity contribution in [1.29, 1.82) is 0 Å². The number of amides is 2. The number of sulfonamides is 1. The van der Waals surface area contributed by atoms with Gasteiger partial charge in [0.15, 0.2) is 0 Å². The highest BCUT2D eigenvalue weighted by Gasteiger charge is 2.27. The lowest BCUT2D eigenvalue weighted by Crippen LogP contribution is -2.50. The molecule has 0 unspecified atom stereocenters. The molecule has 4 rings (SSSR count). The van der Waals surface area contributed by atoms with Crippen LogP contribution in [0.25, 0.3) is 11.0 Å². The fraction of sp³-hybridized carbons (Fsp3) is 0.609. The summed E-state index contributed by atoms with van der Waals surface area (Å²) in [6.07, 6.45) is 3.26. The molecule has 0 radical (unpaired) electrons. The van der Waals surface area contributed by atoms with Gasteiger partial charge in [-0.05, 0) is 38.0 Å². The first-order valence-corrected chi connectivity index (χ1v) is 13.4. The minimum Gasteiger partial charge on any atom is -0.450 e. The van der Waals surface area contributed by atoms with Gasteiger partial charge in [-0.25, -0.2) is 18.2 Å². The van der Waals surface area contributed by atoms with Crippen molar-refractivity contribution in [3.05, 3.63) is 24.0 Å². The molecule has 2 aromatic rings. The summed E-state index contributed by atoms with van der Waals surface area (Å²) in [6.45, 7) is 5.12. The second-order valence-electron chi connectivity index (χ2n) is 8.77. The Morgan fingerprint density at radius 3 is 2.35 bits per heavy atom. The van der Waals surface area contributed by atoms with Crippen LogP contribution in [0.4, 0.5) is 4.79 Å². The molecule has 2 aliphatic rings. The lowest BCUT2D eigenvalue weighted by Gasteiger charge is -2.34. The Balaban J connectivity index is 1.39. The highest BCUT2D eigenvalue weighted by molar-refractivity contribution is 7.89. The fourth-order valence-corrected chi connectivity index (χ4v) is 6.14. The average Bonchev–Trinajstić information content (AvgIpc) is 3.18. The van der Waals surface area contributed by atoms with E-state index in [-0.39, 0.29) is 16.9 Å². The van der Waals surface area contributed by atoms with Crippen molar-refractivity contribution in [2.24, 2.45) is 7.05 Å². The van der Waals surface area contributed by atoms with E-state index in [1.807, 2.05) is 11.6 Å². The van der Waals surface area contributed by atoms with Gasteiger partial charge in [0.2, 0.25) is 15.9 Å². The topological polar surface area (TPSA) is 105 Å². The molecule has 3 heterocycles. The first kappa shape index (κ1) is 24.5. The summed E-state index contributed by atoms with van der Waals surface area (Å²) in [4.78, 5) is 32.9. The van der Waals surface area contributed by atoms with E-state index < -0.39 is 10.0 Å². The van der Waals surface area contributed by atoms with Crippen LogP contribution in [0, 0.1) is 0 Å². The summed E-state index contributed by atoms with van der Waals surface area (Å²) in [7, 11) is -1.64. The molecule has 0 aliphatic carbocycles. The van der Waals surface area contributed by atoms with E-state index in [9.17, 15) is 18.0 Å². The first-order valence-electron chi connectivity index (χ1n) is 12.0. The Hall–Kier alpha value is -2.66. The molecular weight excluding hydrogens is 458 g/mol. The number of fused-ring (bicyclic) bond motifs is 1. The molecule has 1 aromatic carbocycles. The molecule has 34 heavy (non-hydrogen) atoms. The van der Waals surface area contributed by atoms with Crippen LogP contribution in [0.1, 0.15) is 38.4 Å². The van der Waals surface area contributed by atoms with Crippen LogP contribution < -0.4 is 0 Å². The molecular formula is C23H33N5O5S. The van der Waals surface area contributed by atoms with Crippen LogP contribution >= 0.6 is 0 Å². The van der Waals surface area contributed by atoms with Crippen molar-refractivity contribution in [1.82, 2.24) is 23.7 Å². The van der Waals surface area contributed by atoms with Crippen molar-refractivity contribution in [2.75, 3.05) is 45.9 Å². The Kier molecular flexibility index (Phi) is 7.42. The Morgan fingerprint density at radius 2 is 1.68 bits per heavy atom. The van der Waals surface area contributed by atoms with Gasteiger partial charge in [0.1, 0.15) is 5.82 Å². The van der Waals surface area contributed by atoms with E-state index in [2.05, 4.69) is 4.98 Å². The van der Waals surface area contributed by atoms with Crippen LogP contribution in [-0.2, 0) is 33.0 Å². The number of hydrogen-bond acceptors (Lipinski definition) is 6. The van der Waals surface area contributed by atoms with Gasteiger partial charge in [-0.3, -0.25) is 4.79 Å². The van der Waals surface area contributed by atoms with Crippen LogP contribution in [0.3, 0.4) is 0 Å². The number of piperidine rings is 1. The predicted octanol–water partition coefficient (Wildman–Crippen LogP) is 1.98. The van der Waals surface area contributed by atoms with Crippen molar-refractivity contribution in [3.8, 4) is 0 Å². The smallest absolute Gasteiger partial charge is 0.409 e. The molecule has 1 aromatic heterocycles. The van der Waals surface area contributed by atoms with Gasteiger partial charge in [-0.2, -0.15) is 4.31 Å². The number of imidazole rings is 1. The number of piperazine rings is 1. The van der Waals surface area contributed by atoms with E-state index in [4.69, 9.17) is 4.74 Å². The molecule has 2 fully saturated rings. The summed E-state index contributed by atoms with van der Waals surface area (Å²) in [5.41, 5.74) is 1.45. The predicted molar refractivity (Wildman–Crippen MR) is 127 cm³/mol. The summed E-state index contributed by atoms with van der Waals surface area (Å²) < 4.78 is 34.5. The highest BCUT2D eigenvalue weighted by Crippen LogP contribution is 2.25. The lowest BCUT2D eigenvalue weighted by atomic mass is 10.2. The quantitative estimate of drug-likeness (QED) is 0.612. The van der Waals surface area contributed by atoms with E-state index in [0.29, 0.717) is 64.2 Å². The summed E-state index contributed by atoms with van der Waals surface area (Å²) in [5.74, 6) is 0.755. The molecule has 0 atom stereocenters. The van der Waals surface area contributed by atoms with E-state index in [1.165, 1.54) is 0 Å². The number of carbonyl (C=O) groups is 2. The molecule has 0 spiro atoms. The molecule has 2 aliphatic heterocycles. The van der Waals surface area contributed by atoms with Crippen LogP contribution in [0.15, 0.2) is 23.1 Å². The molecule has 10 nitrogen and oxygen atoms in total. The Bertz CT molecular complexity index is 1150. The van der Waals surface area contributed by atoms with E-state index in [1.54, 1.807) is 39.2 Å². The first-order chi connectivity index (χ1) is 16.3. The number of aromatic nitrogens is 2. The maximum atomic E-state index is 13.0. The minimum atomic E-state index is -3.53. The maximum Gasteiger partial charge on any atom is 0.409 e. The minimum absolute atomic E-state index is 0.0175. The van der Waals surface area contributed by atoms with Crippen molar-refractivity contribution in [2.45, 2.75) is 43.9 Å². The van der Waals surface area contributed by atoms with Gasteiger partial charge in [0.25, 0.3) is 0 Å². The molecule has 0 bridgehead atoms. The third-order valence-electron chi connectivity index (χ3n) is 6.62. The monoisotopic (exact) mass is 491 g/mol. The van der Waals surface area contributed by atoms with Crippen LogP contribution in [0.5, 0.6) is 0 Å². The van der Waals surface area contributed by atoms with Gasteiger partial charge in [0, 0.05) is 59.2 Å². The van der Waals surface area contributed by atoms with Crippen molar-refractivity contribution < 1.29 is 22.7 Å². The van der Waals surface area contributed by atoms with Crippen molar-refractivity contribution >= 4 is 33.1 Å². The summed E-state index contributed by atoms with van der Waals surface area (Å²) in [5, 5.41) is 0. The Morgan fingerprint density at radius 1 is 1.00 bits per heavy atom. The second-order valence-corrected chi connectivity index (χ2v) is 10.7. The van der Waals surface area contributed by atoms with Crippen LogP contribution in [0.2, 0.25) is 0 Å². The zero-order valence-electron chi connectivity index (χ0n) is 19.9. The number of hydrogen-bond donors (Lipinski definition) is 0. The summed E-state index contributed by atoms with van der Waals surface area (Å²) >= 11 is 0. The number of nitrogens with zero attached hydrogens (tertiary/aromatic N) is 5. The summed E-state index contributed by atoms with van der Waals surface area (Å²) in [6, 6.07) is 5.07. The zero-order valence-corrected chi connectivity index (χ0v) is 20.7. The van der Waals surface area contributed by atoms with Crippen molar-refractivity contribution in [3.63, 3.8) is 0 Å².